The Bertz CT molecular complexity index is 882. The van der Waals surface area contributed by atoms with Crippen molar-refractivity contribution < 1.29 is 4.79 Å². The van der Waals surface area contributed by atoms with E-state index in [0.717, 1.165) is 55.2 Å². The highest BCUT2D eigenvalue weighted by atomic mass is 35.5. The van der Waals surface area contributed by atoms with E-state index in [-0.39, 0.29) is 30.7 Å². The second-order valence-corrected chi connectivity index (χ2v) is 6.17. The van der Waals surface area contributed by atoms with Gasteiger partial charge < -0.3 is 26.6 Å². The Morgan fingerprint density at radius 1 is 0.724 bits per heavy atom. The van der Waals surface area contributed by atoms with Crippen molar-refractivity contribution in [1.82, 2.24) is 10.6 Å². The second-order valence-electron chi connectivity index (χ2n) is 6.17. The van der Waals surface area contributed by atoms with Crippen molar-refractivity contribution in [1.29, 1.82) is 0 Å². The van der Waals surface area contributed by atoms with Crippen LogP contribution in [0.25, 0.3) is 0 Å². The number of hydrogen-bond donors (Lipinski definition) is 5. The lowest BCUT2D eigenvalue weighted by molar-refractivity contribution is 0.102. The van der Waals surface area contributed by atoms with Gasteiger partial charge in [-0.15, -0.1) is 24.8 Å². The molecule has 5 N–H and O–H groups in total. The maximum absolute atomic E-state index is 12.4. The number of guanidine groups is 2. The molecule has 0 saturated heterocycles. The van der Waals surface area contributed by atoms with Crippen LogP contribution >= 0.6 is 24.8 Å². The highest BCUT2D eigenvalue weighted by Gasteiger charge is 2.09. The van der Waals surface area contributed by atoms with Gasteiger partial charge in [-0.25, -0.2) is 0 Å². The maximum Gasteiger partial charge on any atom is 0.255 e. The fourth-order valence-electron chi connectivity index (χ4n) is 2.78. The summed E-state index contributed by atoms with van der Waals surface area (Å²) in [5.41, 5.74) is 3.13. The van der Waals surface area contributed by atoms with Gasteiger partial charge in [0.05, 0.1) is 13.1 Å². The Kier molecular flexibility index (Phi) is 8.11. The Morgan fingerprint density at radius 3 is 1.62 bits per heavy atom. The van der Waals surface area contributed by atoms with Crippen molar-refractivity contribution in [2.24, 2.45) is 9.98 Å². The number of carbonyl (C=O) groups is 1. The molecule has 0 radical (unpaired) electrons. The van der Waals surface area contributed by atoms with Gasteiger partial charge >= 0.3 is 0 Å². The average molecular weight is 436 g/mol. The summed E-state index contributed by atoms with van der Waals surface area (Å²) in [6, 6.07) is 14.8. The number of nitrogens with one attached hydrogen (secondary N) is 5. The summed E-state index contributed by atoms with van der Waals surface area (Å²) in [6.45, 7) is 3.27. The maximum atomic E-state index is 12.4. The molecule has 2 heterocycles. The molecule has 29 heavy (non-hydrogen) atoms. The van der Waals surface area contributed by atoms with Gasteiger partial charge in [-0.1, -0.05) is 0 Å². The first kappa shape index (κ1) is 22.3. The van der Waals surface area contributed by atoms with Gasteiger partial charge in [-0.3, -0.25) is 14.8 Å². The number of carbonyl (C=O) groups excluding carboxylic acids is 1. The summed E-state index contributed by atoms with van der Waals surface area (Å²) in [6.07, 6.45) is 0. The summed E-state index contributed by atoms with van der Waals surface area (Å²) < 4.78 is 0. The van der Waals surface area contributed by atoms with Crippen LogP contribution < -0.4 is 26.6 Å². The number of anilines is 3. The zero-order valence-corrected chi connectivity index (χ0v) is 17.2. The van der Waals surface area contributed by atoms with Gasteiger partial charge in [0.1, 0.15) is 0 Å². The molecular formula is C19H23Cl2N7O. The molecule has 8 nitrogen and oxygen atoms in total. The van der Waals surface area contributed by atoms with Crippen LogP contribution in [0, 0.1) is 0 Å². The Hall–Kier alpha value is -2.97. The molecule has 2 aliphatic heterocycles. The molecule has 0 fully saturated rings. The van der Waals surface area contributed by atoms with Gasteiger partial charge in [0, 0.05) is 35.7 Å². The Labute approximate surface area is 181 Å². The molecule has 2 aliphatic rings. The number of amides is 1. The summed E-state index contributed by atoms with van der Waals surface area (Å²) >= 11 is 0. The molecule has 1 amide bonds. The summed E-state index contributed by atoms with van der Waals surface area (Å²) in [4.78, 5) is 21.0. The zero-order valence-electron chi connectivity index (χ0n) is 15.6. The van der Waals surface area contributed by atoms with Crippen LogP contribution in [-0.4, -0.2) is 44.0 Å². The molecule has 10 heteroatoms. The van der Waals surface area contributed by atoms with Crippen molar-refractivity contribution in [2.75, 3.05) is 42.1 Å². The van der Waals surface area contributed by atoms with Crippen molar-refractivity contribution >= 4 is 59.7 Å². The predicted molar refractivity (Wildman–Crippen MR) is 123 cm³/mol. The zero-order chi connectivity index (χ0) is 18.5. The molecule has 0 spiro atoms. The van der Waals surface area contributed by atoms with Gasteiger partial charge in [0.15, 0.2) is 11.9 Å². The number of nitrogens with zero attached hydrogens (tertiary/aromatic N) is 2. The van der Waals surface area contributed by atoms with E-state index < -0.39 is 0 Å². The van der Waals surface area contributed by atoms with Gasteiger partial charge in [-0.05, 0) is 48.5 Å². The third-order valence-corrected chi connectivity index (χ3v) is 4.16. The minimum Gasteiger partial charge on any atom is -0.354 e. The van der Waals surface area contributed by atoms with Crippen molar-refractivity contribution in [3.05, 3.63) is 54.1 Å². The summed E-state index contributed by atoms with van der Waals surface area (Å²) in [5.74, 6) is 1.39. The molecule has 0 aromatic heterocycles. The largest absolute Gasteiger partial charge is 0.354 e. The van der Waals surface area contributed by atoms with E-state index >= 15 is 0 Å². The molecule has 4 rings (SSSR count). The van der Waals surface area contributed by atoms with E-state index in [1.54, 1.807) is 12.1 Å². The van der Waals surface area contributed by atoms with Crippen molar-refractivity contribution in [2.45, 2.75) is 0 Å². The van der Waals surface area contributed by atoms with E-state index in [1.807, 2.05) is 36.4 Å². The molecular weight excluding hydrogens is 413 g/mol. The molecule has 0 bridgehead atoms. The lowest BCUT2D eigenvalue weighted by atomic mass is 10.2. The molecule has 0 unspecified atom stereocenters. The monoisotopic (exact) mass is 435 g/mol. The summed E-state index contributed by atoms with van der Waals surface area (Å²) in [7, 11) is 0. The van der Waals surface area contributed by atoms with Crippen LogP contribution in [0.4, 0.5) is 17.1 Å². The Morgan fingerprint density at radius 2 is 1.17 bits per heavy atom. The van der Waals surface area contributed by atoms with Crippen LogP contribution in [-0.2, 0) is 0 Å². The van der Waals surface area contributed by atoms with E-state index in [9.17, 15) is 4.79 Å². The normalized spacial score (nSPS) is 14.2. The molecule has 0 saturated carbocycles. The van der Waals surface area contributed by atoms with Crippen LogP contribution in [0.5, 0.6) is 0 Å². The second kappa shape index (κ2) is 10.5. The molecule has 0 aliphatic carbocycles. The molecule has 2 aromatic rings. The number of benzene rings is 2. The van der Waals surface area contributed by atoms with E-state index in [2.05, 4.69) is 36.6 Å². The van der Waals surface area contributed by atoms with Crippen LogP contribution in [0.15, 0.2) is 58.5 Å². The third-order valence-electron chi connectivity index (χ3n) is 4.16. The average Bonchev–Trinajstić information content (AvgIpc) is 3.38. The SMILES string of the molecule is Cl.Cl.O=C(Nc1ccc(NC2=NCCN2)cc1)c1ccc(NC2=NCCN2)cc1. The van der Waals surface area contributed by atoms with Gasteiger partial charge in [0.2, 0.25) is 0 Å². The van der Waals surface area contributed by atoms with Crippen LogP contribution in [0.1, 0.15) is 10.4 Å². The number of hydrogen-bond acceptors (Lipinski definition) is 7. The first-order chi connectivity index (χ1) is 13.3. The van der Waals surface area contributed by atoms with Crippen molar-refractivity contribution in [3.8, 4) is 0 Å². The van der Waals surface area contributed by atoms with E-state index in [4.69, 9.17) is 0 Å². The topological polar surface area (TPSA) is 102 Å². The number of rotatable bonds is 4. The minimum absolute atomic E-state index is 0. The van der Waals surface area contributed by atoms with Gasteiger partial charge in [-0.2, -0.15) is 0 Å². The molecule has 2 aromatic carbocycles. The standard InChI is InChI=1S/C19H21N7O.2ClH/c27-17(13-1-3-15(4-2-13)25-18-20-9-10-21-18)24-14-5-7-16(8-6-14)26-19-22-11-12-23-19;;/h1-8H,9-12H2,(H,24,27)(H2,20,21,25)(H2,22,23,26);2*1H. The highest BCUT2D eigenvalue weighted by Crippen LogP contribution is 2.16. The quantitative estimate of drug-likeness (QED) is 0.507. The summed E-state index contributed by atoms with van der Waals surface area (Å²) in [5, 5.41) is 15.6. The number of aliphatic imine (C=N–C) groups is 2. The fourth-order valence-corrected chi connectivity index (χ4v) is 2.78. The van der Waals surface area contributed by atoms with E-state index in [1.165, 1.54) is 0 Å². The Balaban J connectivity index is 0.00000150. The smallest absolute Gasteiger partial charge is 0.255 e. The lowest BCUT2D eigenvalue weighted by Crippen LogP contribution is -2.26. The van der Waals surface area contributed by atoms with Gasteiger partial charge in [0.25, 0.3) is 5.91 Å². The van der Waals surface area contributed by atoms with Crippen LogP contribution in [0.3, 0.4) is 0 Å². The fraction of sp³-hybridized carbons (Fsp3) is 0.211. The first-order valence-electron chi connectivity index (χ1n) is 8.88. The van der Waals surface area contributed by atoms with Crippen molar-refractivity contribution in [3.63, 3.8) is 0 Å². The first-order valence-corrected chi connectivity index (χ1v) is 8.88. The van der Waals surface area contributed by atoms with E-state index in [0.29, 0.717) is 5.56 Å². The third kappa shape index (κ3) is 6.00. The predicted octanol–water partition coefficient (Wildman–Crippen LogP) is 2.52. The van der Waals surface area contributed by atoms with Crippen LogP contribution in [0.2, 0.25) is 0 Å². The number of halogens is 2. The molecule has 154 valence electrons. The minimum atomic E-state index is -0.152. The highest BCUT2D eigenvalue weighted by molar-refractivity contribution is 6.05. The molecule has 0 atom stereocenters. The lowest BCUT2D eigenvalue weighted by Gasteiger charge is -2.10.